The number of hydrogen-bond donors (Lipinski definition) is 2. The van der Waals surface area contributed by atoms with Crippen LogP contribution in [0.3, 0.4) is 0 Å². The summed E-state index contributed by atoms with van der Waals surface area (Å²) in [7, 11) is 1.21. The van der Waals surface area contributed by atoms with Gasteiger partial charge >= 0.3 is 18.4 Å². The van der Waals surface area contributed by atoms with E-state index in [2.05, 4.69) is 10.1 Å². The Morgan fingerprint density at radius 1 is 1.39 bits per heavy atom. The van der Waals surface area contributed by atoms with Gasteiger partial charge in [0.25, 0.3) is 0 Å². The summed E-state index contributed by atoms with van der Waals surface area (Å²) >= 11 is 0. The fraction of sp³-hybridized carbons (Fsp3) is 0.556. The number of alkyl halides is 3. The number of methoxy groups -OCH3 is 1. The van der Waals surface area contributed by atoms with E-state index in [1.165, 1.54) is 24.1 Å². The molecule has 7 nitrogen and oxygen atoms in total. The number of hydrogen-bond acceptors (Lipinski definition) is 4. The van der Waals surface area contributed by atoms with Crippen LogP contribution in [-0.2, 0) is 15.7 Å². The molecule has 1 fully saturated rings. The first kappa shape index (κ1) is 21.8. The van der Waals surface area contributed by atoms with E-state index >= 15 is 0 Å². The molecule has 1 aliphatic heterocycles. The number of benzene rings is 1. The van der Waals surface area contributed by atoms with Crippen LogP contribution in [0, 0.1) is 5.92 Å². The van der Waals surface area contributed by atoms with Gasteiger partial charge in [-0.3, -0.25) is 0 Å². The SMILES string of the molecule is COC(=O)NCCO[C@@H](c1cccc(C(F)(F)F)c1)C1CCCN(C(=O)O)C1. The Kier molecular flexibility index (Phi) is 7.50. The van der Waals surface area contributed by atoms with E-state index in [4.69, 9.17) is 4.74 Å². The van der Waals surface area contributed by atoms with Crippen LogP contribution < -0.4 is 5.32 Å². The lowest BCUT2D eigenvalue weighted by atomic mass is 9.88. The quantitative estimate of drug-likeness (QED) is 0.709. The van der Waals surface area contributed by atoms with Gasteiger partial charge < -0.3 is 24.8 Å². The summed E-state index contributed by atoms with van der Waals surface area (Å²) in [6, 6.07) is 4.84. The van der Waals surface area contributed by atoms with Gasteiger partial charge in [-0.1, -0.05) is 12.1 Å². The van der Waals surface area contributed by atoms with Gasteiger partial charge in [-0.2, -0.15) is 13.2 Å². The number of carbonyl (C=O) groups excluding carboxylic acids is 1. The number of alkyl carbamates (subject to hydrolysis) is 1. The number of rotatable bonds is 6. The van der Waals surface area contributed by atoms with Gasteiger partial charge in [0.1, 0.15) is 0 Å². The maximum Gasteiger partial charge on any atom is 0.416 e. The zero-order chi connectivity index (χ0) is 20.7. The highest BCUT2D eigenvalue weighted by molar-refractivity contribution is 5.66. The van der Waals surface area contributed by atoms with Gasteiger partial charge in [0.2, 0.25) is 0 Å². The molecule has 0 aromatic heterocycles. The molecule has 2 rings (SSSR count). The van der Waals surface area contributed by atoms with Gasteiger partial charge in [-0.05, 0) is 30.5 Å². The lowest BCUT2D eigenvalue weighted by Gasteiger charge is -2.36. The monoisotopic (exact) mass is 404 g/mol. The highest BCUT2D eigenvalue weighted by atomic mass is 19.4. The van der Waals surface area contributed by atoms with E-state index in [9.17, 15) is 27.9 Å². The highest BCUT2D eigenvalue weighted by Gasteiger charge is 2.34. The fourth-order valence-electron chi connectivity index (χ4n) is 3.24. The van der Waals surface area contributed by atoms with Gasteiger partial charge in [-0.15, -0.1) is 0 Å². The fourth-order valence-corrected chi connectivity index (χ4v) is 3.24. The van der Waals surface area contributed by atoms with E-state index in [1.54, 1.807) is 0 Å². The molecule has 0 spiro atoms. The van der Waals surface area contributed by atoms with Gasteiger partial charge in [0.05, 0.1) is 25.4 Å². The number of nitrogens with one attached hydrogen (secondary N) is 1. The average Bonchev–Trinajstić information content (AvgIpc) is 2.67. The van der Waals surface area contributed by atoms with Gasteiger partial charge in [0, 0.05) is 25.6 Å². The van der Waals surface area contributed by atoms with Crippen LogP contribution >= 0.6 is 0 Å². The summed E-state index contributed by atoms with van der Waals surface area (Å²) in [5.74, 6) is -0.300. The first-order chi connectivity index (χ1) is 13.2. The van der Waals surface area contributed by atoms with E-state index in [-0.39, 0.29) is 25.6 Å². The molecule has 1 unspecified atom stereocenters. The van der Waals surface area contributed by atoms with Crippen molar-refractivity contribution in [2.45, 2.75) is 25.1 Å². The molecule has 1 aromatic carbocycles. The third-order valence-electron chi connectivity index (χ3n) is 4.55. The van der Waals surface area contributed by atoms with Crippen LogP contribution in [0.5, 0.6) is 0 Å². The number of piperidine rings is 1. The van der Waals surface area contributed by atoms with Crippen molar-refractivity contribution in [3.8, 4) is 0 Å². The minimum atomic E-state index is -4.49. The number of ether oxygens (including phenoxy) is 2. The number of nitrogens with zero attached hydrogens (tertiary/aromatic N) is 1. The predicted octanol–water partition coefficient (Wildman–Crippen LogP) is 3.51. The van der Waals surface area contributed by atoms with E-state index in [0.717, 1.165) is 12.1 Å². The molecule has 10 heteroatoms. The predicted molar refractivity (Wildman–Crippen MR) is 92.9 cm³/mol. The number of carbonyl (C=O) groups is 2. The summed E-state index contributed by atoms with van der Waals surface area (Å²) in [5.41, 5.74) is -0.470. The van der Waals surface area contributed by atoms with Crippen molar-refractivity contribution in [3.63, 3.8) is 0 Å². The summed E-state index contributed by atoms with van der Waals surface area (Å²) in [6.07, 6.45) is -5.73. The molecule has 1 saturated heterocycles. The molecule has 1 aliphatic rings. The molecule has 0 bridgehead atoms. The Morgan fingerprint density at radius 3 is 2.79 bits per heavy atom. The lowest BCUT2D eigenvalue weighted by Crippen LogP contribution is -2.41. The average molecular weight is 404 g/mol. The minimum absolute atomic E-state index is 0.0413. The van der Waals surface area contributed by atoms with E-state index < -0.39 is 30.0 Å². The lowest BCUT2D eigenvalue weighted by molar-refractivity contribution is -0.137. The zero-order valence-electron chi connectivity index (χ0n) is 15.4. The van der Waals surface area contributed by atoms with Crippen molar-refractivity contribution in [2.24, 2.45) is 5.92 Å². The third kappa shape index (κ3) is 6.01. The Balaban J connectivity index is 2.18. The molecule has 2 amide bonds. The molecule has 1 heterocycles. The first-order valence-corrected chi connectivity index (χ1v) is 8.81. The summed E-state index contributed by atoms with van der Waals surface area (Å²) in [4.78, 5) is 23.6. The zero-order valence-corrected chi connectivity index (χ0v) is 15.4. The molecule has 2 atom stereocenters. The summed E-state index contributed by atoms with van der Waals surface area (Å²) in [5, 5.41) is 11.7. The van der Waals surface area contributed by atoms with Crippen molar-refractivity contribution in [1.29, 1.82) is 0 Å². The van der Waals surface area contributed by atoms with Crippen LogP contribution in [0.2, 0.25) is 0 Å². The Labute approximate surface area is 160 Å². The summed E-state index contributed by atoms with van der Waals surface area (Å²) in [6.45, 7) is 0.697. The highest BCUT2D eigenvalue weighted by Crippen LogP contribution is 2.36. The van der Waals surface area contributed by atoms with Crippen molar-refractivity contribution < 1.29 is 37.3 Å². The molecule has 2 N–H and O–H groups in total. The molecule has 156 valence electrons. The number of carboxylic acid groups (broad SMARTS) is 1. The van der Waals surface area contributed by atoms with E-state index in [0.29, 0.717) is 24.9 Å². The van der Waals surface area contributed by atoms with Gasteiger partial charge in [-0.25, -0.2) is 9.59 Å². The van der Waals surface area contributed by atoms with Gasteiger partial charge in [0.15, 0.2) is 0 Å². The molecule has 0 radical (unpaired) electrons. The normalized spacial score (nSPS) is 18.4. The number of halogens is 3. The third-order valence-corrected chi connectivity index (χ3v) is 4.55. The smallest absolute Gasteiger partial charge is 0.416 e. The Hall–Kier alpha value is -2.49. The molecule has 0 saturated carbocycles. The van der Waals surface area contributed by atoms with Crippen molar-refractivity contribution in [1.82, 2.24) is 10.2 Å². The molecule has 28 heavy (non-hydrogen) atoms. The van der Waals surface area contributed by atoms with Crippen molar-refractivity contribution >= 4 is 12.2 Å². The molecular formula is C18H23F3N2O5. The molecular weight excluding hydrogens is 381 g/mol. The second kappa shape index (κ2) is 9.63. The minimum Gasteiger partial charge on any atom is -0.465 e. The Morgan fingerprint density at radius 2 is 2.14 bits per heavy atom. The van der Waals surface area contributed by atoms with Crippen LogP contribution in [-0.4, -0.2) is 55.5 Å². The Bertz CT molecular complexity index is 683. The standard InChI is InChI=1S/C18H23F3N2O5/c1-27-16(24)22-7-9-28-15(13-5-3-8-23(11-13)17(25)26)12-4-2-6-14(10-12)18(19,20)21/h2,4,6,10,13,15H,3,5,7-9,11H2,1H3,(H,22,24)(H,25,26)/t13?,15-/m0/s1. The van der Waals surface area contributed by atoms with E-state index in [1.807, 2.05) is 0 Å². The van der Waals surface area contributed by atoms with Crippen LogP contribution in [0.1, 0.15) is 30.1 Å². The molecule has 1 aromatic rings. The van der Waals surface area contributed by atoms with Crippen molar-refractivity contribution in [3.05, 3.63) is 35.4 Å². The van der Waals surface area contributed by atoms with Crippen molar-refractivity contribution in [2.75, 3.05) is 33.4 Å². The van der Waals surface area contributed by atoms with Crippen LogP contribution in [0.25, 0.3) is 0 Å². The first-order valence-electron chi connectivity index (χ1n) is 8.81. The van der Waals surface area contributed by atoms with Crippen LogP contribution in [0.4, 0.5) is 22.8 Å². The largest absolute Gasteiger partial charge is 0.465 e. The summed E-state index contributed by atoms with van der Waals surface area (Å²) < 4.78 is 49.5. The number of likely N-dealkylation sites (tertiary alicyclic amines) is 1. The van der Waals surface area contributed by atoms with Crippen LogP contribution in [0.15, 0.2) is 24.3 Å². The maximum absolute atomic E-state index is 13.1. The maximum atomic E-state index is 13.1. The second-order valence-electron chi connectivity index (χ2n) is 6.46. The second-order valence-corrected chi connectivity index (χ2v) is 6.46. The topological polar surface area (TPSA) is 88.1 Å². The molecule has 0 aliphatic carbocycles. The number of amides is 2.